The fourth-order valence-electron chi connectivity index (χ4n) is 2.62. The van der Waals surface area contributed by atoms with Gasteiger partial charge in [0, 0.05) is 18.3 Å². The second kappa shape index (κ2) is 6.10. The number of aromatic nitrogens is 1. The van der Waals surface area contributed by atoms with Gasteiger partial charge in [0.2, 0.25) is 0 Å². The maximum Gasteiger partial charge on any atom is 0.123 e. The second-order valence-corrected chi connectivity index (χ2v) is 5.36. The molecule has 3 heteroatoms. The van der Waals surface area contributed by atoms with Crippen LogP contribution in [0.1, 0.15) is 17.5 Å². The molecular formula is C18H19FN2. The number of nitrogens with two attached hydrogens (primary N) is 1. The van der Waals surface area contributed by atoms with E-state index >= 15 is 0 Å². The van der Waals surface area contributed by atoms with Gasteiger partial charge < -0.3 is 10.3 Å². The SMILES string of the molecule is NCCCc1ccc2ccn(Cc3ccc(F)cc3)c2c1. The average Bonchev–Trinajstić information content (AvgIpc) is 2.90. The average molecular weight is 282 g/mol. The topological polar surface area (TPSA) is 30.9 Å². The Kier molecular flexibility index (Phi) is 4.02. The molecule has 3 rings (SSSR count). The molecule has 1 heterocycles. The predicted molar refractivity (Wildman–Crippen MR) is 84.8 cm³/mol. The number of hydrogen-bond acceptors (Lipinski definition) is 1. The van der Waals surface area contributed by atoms with E-state index in [9.17, 15) is 4.39 Å². The first-order valence-corrected chi connectivity index (χ1v) is 7.28. The van der Waals surface area contributed by atoms with Crippen molar-refractivity contribution in [3.05, 3.63) is 71.7 Å². The molecule has 0 spiro atoms. The van der Waals surface area contributed by atoms with Crippen molar-refractivity contribution in [2.45, 2.75) is 19.4 Å². The van der Waals surface area contributed by atoms with E-state index in [1.807, 2.05) is 12.1 Å². The lowest BCUT2D eigenvalue weighted by Crippen LogP contribution is -2.01. The van der Waals surface area contributed by atoms with Gasteiger partial charge in [-0.15, -0.1) is 0 Å². The van der Waals surface area contributed by atoms with Crippen molar-refractivity contribution in [3.8, 4) is 0 Å². The molecule has 0 aliphatic heterocycles. The lowest BCUT2D eigenvalue weighted by Gasteiger charge is -2.07. The third-order valence-corrected chi connectivity index (χ3v) is 3.77. The van der Waals surface area contributed by atoms with Crippen LogP contribution < -0.4 is 5.73 Å². The number of hydrogen-bond donors (Lipinski definition) is 1. The van der Waals surface area contributed by atoms with Crippen molar-refractivity contribution >= 4 is 10.9 Å². The minimum atomic E-state index is -0.194. The highest BCUT2D eigenvalue weighted by molar-refractivity contribution is 5.81. The molecule has 0 aliphatic rings. The monoisotopic (exact) mass is 282 g/mol. The Hall–Kier alpha value is -2.13. The first-order chi connectivity index (χ1) is 10.3. The summed E-state index contributed by atoms with van der Waals surface area (Å²) in [6.07, 6.45) is 4.10. The van der Waals surface area contributed by atoms with Gasteiger partial charge in [0.1, 0.15) is 5.82 Å². The van der Waals surface area contributed by atoms with Crippen molar-refractivity contribution < 1.29 is 4.39 Å². The third kappa shape index (κ3) is 3.14. The minimum Gasteiger partial charge on any atom is -0.343 e. The summed E-state index contributed by atoms with van der Waals surface area (Å²) in [6.45, 7) is 1.47. The van der Waals surface area contributed by atoms with Gasteiger partial charge in [-0.3, -0.25) is 0 Å². The normalized spacial score (nSPS) is 11.1. The first-order valence-electron chi connectivity index (χ1n) is 7.28. The zero-order valence-corrected chi connectivity index (χ0v) is 11.9. The number of benzene rings is 2. The molecule has 0 saturated heterocycles. The molecule has 3 aromatic rings. The van der Waals surface area contributed by atoms with Crippen LogP contribution in [0.15, 0.2) is 54.7 Å². The highest BCUT2D eigenvalue weighted by atomic mass is 19.1. The molecule has 108 valence electrons. The van der Waals surface area contributed by atoms with Gasteiger partial charge in [-0.25, -0.2) is 4.39 Å². The standard InChI is InChI=1S/C18H19FN2/c19-17-7-4-15(5-8-17)13-21-11-9-16-6-3-14(2-1-10-20)12-18(16)21/h3-9,11-12H,1-2,10,13,20H2. The minimum absolute atomic E-state index is 0.194. The number of fused-ring (bicyclic) bond motifs is 1. The summed E-state index contributed by atoms with van der Waals surface area (Å²) in [6, 6.07) is 15.4. The summed E-state index contributed by atoms with van der Waals surface area (Å²) >= 11 is 0. The van der Waals surface area contributed by atoms with Crippen LogP contribution in [0.2, 0.25) is 0 Å². The molecule has 0 saturated carbocycles. The maximum atomic E-state index is 13.0. The van der Waals surface area contributed by atoms with Gasteiger partial charge in [0.05, 0.1) is 0 Å². The Morgan fingerprint density at radius 1 is 0.952 bits per heavy atom. The molecular weight excluding hydrogens is 263 g/mol. The van der Waals surface area contributed by atoms with Crippen LogP contribution in [0, 0.1) is 5.82 Å². The van der Waals surface area contributed by atoms with Crippen molar-refractivity contribution in [1.82, 2.24) is 4.57 Å². The predicted octanol–water partition coefficient (Wildman–Crippen LogP) is 3.72. The van der Waals surface area contributed by atoms with Crippen LogP contribution >= 0.6 is 0 Å². The van der Waals surface area contributed by atoms with Crippen LogP contribution in [0.3, 0.4) is 0 Å². The fourth-order valence-corrected chi connectivity index (χ4v) is 2.62. The molecule has 0 unspecified atom stereocenters. The Labute approximate surface area is 124 Å². The molecule has 1 aromatic heterocycles. The molecule has 2 N–H and O–H groups in total. The fraction of sp³-hybridized carbons (Fsp3) is 0.222. The van der Waals surface area contributed by atoms with E-state index in [4.69, 9.17) is 5.73 Å². The summed E-state index contributed by atoms with van der Waals surface area (Å²) in [5.41, 5.74) is 9.20. The van der Waals surface area contributed by atoms with E-state index < -0.39 is 0 Å². The lowest BCUT2D eigenvalue weighted by atomic mass is 10.1. The maximum absolute atomic E-state index is 13.0. The molecule has 0 aliphatic carbocycles. The summed E-state index contributed by atoms with van der Waals surface area (Å²) in [5.74, 6) is -0.194. The van der Waals surface area contributed by atoms with E-state index in [1.54, 1.807) is 0 Å². The Balaban J connectivity index is 1.89. The van der Waals surface area contributed by atoms with Crippen molar-refractivity contribution in [3.63, 3.8) is 0 Å². The van der Waals surface area contributed by atoms with Gasteiger partial charge in [-0.1, -0.05) is 24.3 Å². The van der Waals surface area contributed by atoms with E-state index in [0.717, 1.165) is 24.9 Å². The summed E-state index contributed by atoms with van der Waals surface area (Å²) in [5, 5.41) is 1.23. The summed E-state index contributed by atoms with van der Waals surface area (Å²) in [7, 11) is 0. The Morgan fingerprint density at radius 2 is 1.71 bits per heavy atom. The Bertz CT molecular complexity index is 729. The third-order valence-electron chi connectivity index (χ3n) is 3.77. The zero-order chi connectivity index (χ0) is 14.7. The van der Waals surface area contributed by atoms with Gasteiger partial charge in [0.15, 0.2) is 0 Å². The van der Waals surface area contributed by atoms with Crippen molar-refractivity contribution in [2.24, 2.45) is 5.73 Å². The molecule has 2 nitrogen and oxygen atoms in total. The molecule has 0 bridgehead atoms. The van der Waals surface area contributed by atoms with Crippen LogP contribution in [-0.4, -0.2) is 11.1 Å². The van der Waals surface area contributed by atoms with Crippen LogP contribution in [0.25, 0.3) is 10.9 Å². The molecule has 21 heavy (non-hydrogen) atoms. The highest BCUT2D eigenvalue weighted by Crippen LogP contribution is 2.20. The highest BCUT2D eigenvalue weighted by Gasteiger charge is 2.04. The van der Waals surface area contributed by atoms with E-state index in [2.05, 4.69) is 35.0 Å². The van der Waals surface area contributed by atoms with Crippen molar-refractivity contribution in [2.75, 3.05) is 6.54 Å². The summed E-state index contributed by atoms with van der Waals surface area (Å²) < 4.78 is 15.2. The molecule has 0 atom stereocenters. The van der Waals surface area contributed by atoms with Crippen LogP contribution in [0.5, 0.6) is 0 Å². The number of halogens is 1. The van der Waals surface area contributed by atoms with Crippen molar-refractivity contribution in [1.29, 1.82) is 0 Å². The second-order valence-electron chi connectivity index (χ2n) is 5.36. The number of rotatable bonds is 5. The largest absolute Gasteiger partial charge is 0.343 e. The zero-order valence-electron chi connectivity index (χ0n) is 11.9. The van der Waals surface area contributed by atoms with Gasteiger partial charge in [-0.05, 0) is 60.2 Å². The van der Waals surface area contributed by atoms with Gasteiger partial charge >= 0.3 is 0 Å². The first kappa shape index (κ1) is 13.8. The number of nitrogens with zero attached hydrogens (tertiary/aromatic N) is 1. The lowest BCUT2D eigenvalue weighted by molar-refractivity contribution is 0.626. The number of aryl methyl sites for hydroxylation is 1. The van der Waals surface area contributed by atoms with Crippen LogP contribution in [-0.2, 0) is 13.0 Å². The molecule has 0 fully saturated rings. The van der Waals surface area contributed by atoms with Gasteiger partial charge in [0.25, 0.3) is 0 Å². The van der Waals surface area contributed by atoms with Crippen LogP contribution in [0.4, 0.5) is 4.39 Å². The Morgan fingerprint density at radius 3 is 2.48 bits per heavy atom. The van der Waals surface area contributed by atoms with Gasteiger partial charge in [-0.2, -0.15) is 0 Å². The molecule has 0 radical (unpaired) electrons. The summed E-state index contributed by atoms with van der Waals surface area (Å²) in [4.78, 5) is 0. The molecule has 2 aromatic carbocycles. The smallest absolute Gasteiger partial charge is 0.123 e. The molecule has 0 amide bonds. The van der Waals surface area contributed by atoms with E-state index in [-0.39, 0.29) is 5.82 Å². The quantitative estimate of drug-likeness (QED) is 0.759. The van der Waals surface area contributed by atoms with E-state index in [1.165, 1.54) is 28.6 Å². The van der Waals surface area contributed by atoms with E-state index in [0.29, 0.717) is 6.54 Å².